The van der Waals surface area contributed by atoms with Gasteiger partial charge in [0.15, 0.2) is 0 Å². The predicted octanol–water partition coefficient (Wildman–Crippen LogP) is 2.04. The van der Waals surface area contributed by atoms with Gasteiger partial charge >= 0.3 is 6.47 Å². The van der Waals surface area contributed by atoms with Gasteiger partial charge in [0, 0.05) is 0 Å². The van der Waals surface area contributed by atoms with Crippen molar-refractivity contribution >= 4 is 6.47 Å². The molecule has 1 saturated carbocycles. The molecule has 2 heteroatoms. The molecule has 0 aromatic carbocycles. The van der Waals surface area contributed by atoms with E-state index in [1.165, 1.54) is 38.6 Å². The number of ether oxygens (including phenoxy) is 1. The molecular formula is C9H15O2. The van der Waals surface area contributed by atoms with Crippen molar-refractivity contribution in [2.75, 3.05) is 6.61 Å². The van der Waals surface area contributed by atoms with Gasteiger partial charge in [-0.05, 0) is 18.8 Å². The first-order valence-electron chi connectivity index (χ1n) is 4.42. The molecule has 0 amide bonds. The third-order valence-corrected chi connectivity index (χ3v) is 2.39. The minimum atomic E-state index is 0.556. The van der Waals surface area contributed by atoms with Crippen LogP contribution in [0, 0.1) is 5.92 Å². The summed E-state index contributed by atoms with van der Waals surface area (Å²) in [7, 11) is 0. The lowest BCUT2D eigenvalue weighted by Crippen LogP contribution is -1.97. The highest BCUT2D eigenvalue weighted by Crippen LogP contribution is 2.28. The van der Waals surface area contributed by atoms with Crippen molar-refractivity contribution < 1.29 is 9.53 Å². The van der Waals surface area contributed by atoms with Crippen LogP contribution in [0.25, 0.3) is 0 Å². The standard InChI is InChI=1S/C9H15O2/c10-8-11-7-3-6-9-4-1-2-5-9/h9H,1-7H2. The van der Waals surface area contributed by atoms with Crippen molar-refractivity contribution in [2.24, 2.45) is 5.92 Å². The first kappa shape index (κ1) is 8.57. The Kier molecular flexibility index (Phi) is 4.02. The summed E-state index contributed by atoms with van der Waals surface area (Å²) < 4.78 is 4.49. The maximum Gasteiger partial charge on any atom is 0.417 e. The third-order valence-electron chi connectivity index (χ3n) is 2.39. The van der Waals surface area contributed by atoms with Crippen LogP contribution in [0.15, 0.2) is 0 Å². The zero-order chi connectivity index (χ0) is 7.94. The van der Waals surface area contributed by atoms with Gasteiger partial charge in [-0.3, -0.25) is 0 Å². The lowest BCUT2D eigenvalue weighted by Gasteiger charge is -2.06. The van der Waals surface area contributed by atoms with Crippen molar-refractivity contribution in [3.05, 3.63) is 0 Å². The van der Waals surface area contributed by atoms with Gasteiger partial charge in [-0.25, -0.2) is 4.79 Å². The summed E-state index contributed by atoms with van der Waals surface area (Å²) in [6, 6.07) is 0. The van der Waals surface area contributed by atoms with Crippen molar-refractivity contribution in [1.29, 1.82) is 0 Å². The van der Waals surface area contributed by atoms with E-state index < -0.39 is 0 Å². The molecule has 0 saturated heterocycles. The molecule has 1 fully saturated rings. The lowest BCUT2D eigenvalue weighted by atomic mass is 10.0. The van der Waals surface area contributed by atoms with Crippen LogP contribution in [0.2, 0.25) is 0 Å². The fraction of sp³-hybridized carbons (Fsp3) is 0.889. The Morgan fingerprint density at radius 2 is 2.09 bits per heavy atom. The molecule has 1 aliphatic carbocycles. The Labute approximate surface area is 67.9 Å². The molecule has 0 aromatic heterocycles. The highest BCUT2D eigenvalue weighted by atomic mass is 16.5. The van der Waals surface area contributed by atoms with E-state index in [-0.39, 0.29) is 0 Å². The second kappa shape index (κ2) is 5.16. The first-order valence-corrected chi connectivity index (χ1v) is 4.42. The topological polar surface area (TPSA) is 26.3 Å². The number of hydrogen-bond acceptors (Lipinski definition) is 2. The zero-order valence-corrected chi connectivity index (χ0v) is 6.84. The van der Waals surface area contributed by atoms with Crippen LogP contribution in [-0.4, -0.2) is 13.1 Å². The second-order valence-electron chi connectivity index (χ2n) is 3.22. The second-order valence-corrected chi connectivity index (χ2v) is 3.22. The molecule has 1 aliphatic rings. The van der Waals surface area contributed by atoms with Crippen LogP contribution in [-0.2, 0) is 9.53 Å². The average Bonchev–Trinajstić information content (AvgIpc) is 2.50. The van der Waals surface area contributed by atoms with Gasteiger partial charge in [0.1, 0.15) is 0 Å². The number of hydrogen-bond donors (Lipinski definition) is 0. The van der Waals surface area contributed by atoms with Gasteiger partial charge in [0.25, 0.3) is 0 Å². The minimum absolute atomic E-state index is 0.556. The monoisotopic (exact) mass is 155 g/mol. The normalized spacial score (nSPS) is 18.5. The lowest BCUT2D eigenvalue weighted by molar-refractivity contribution is 0.260. The van der Waals surface area contributed by atoms with E-state index >= 15 is 0 Å². The van der Waals surface area contributed by atoms with Crippen LogP contribution in [0.5, 0.6) is 0 Å². The summed E-state index contributed by atoms with van der Waals surface area (Å²) in [5.41, 5.74) is 0. The highest BCUT2D eigenvalue weighted by molar-refractivity contribution is 5.37. The Hall–Kier alpha value is -0.530. The molecule has 0 atom stereocenters. The van der Waals surface area contributed by atoms with Gasteiger partial charge in [-0.15, -0.1) is 0 Å². The van der Waals surface area contributed by atoms with E-state index in [9.17, 15) is 4.79 Å². The Morgan fingerprint density at radius 3 is 2.73 bits per heavy atom. The maximum atomic E-state index is 9.65. The van der Waals surface area contributed by atoms with Gasteiger partial charge < -0.3 is 4.74 Å². The third kappa shape index (κ3) is 3.40. The number of carbonyl (C=O) groups excluding carboxylic acids is 1. The SMILES string of the molecule is O=[C]OCCCC1CCCC1. The molecule has 0 spiro atoms. The summed E-state index contributed by atoms with van der Waals surface area (Å²) in [4.78, 5) is 9.65. The average molecular weight is 155 g/mol. The summed E-state index contributed by atoms with van der Waals surface area (Å²) in [6.45, 7) is 2.00. The Bertz CT molecular complexity index is 106. The minimum Gasteiger partial charge on any atom is -0.457 e. The van der Waals surface area contributed by atoms with Crippen molar-refractivity contribution in [3.63, 3.8) is 0 Å². The molecule has 0 heterocycles. The molecule has 2 nitrogen and oxygen atoms in total. The maximum absolute atomic E-state index is 9.65. The van der Waals surface area contributed by atoms with Gasteiger partial charge in [0.05, 0.1) is 6.61 Å². The molecule has 0 N–H and O–H groups in total. The summed E-state index contributed by atoms with van der Waals surface area (Å²) in [5.74, 6) is 0.908. The summed E-state index contributed by atoms with van der Waals surface area (Å²) in [6.07, 6.45) is 7.79. The largest absolute Gasteiger partial charge is 0.457 e. The van der Waals surface area contributed by atoms with E-state index in [0.717, 1.165) is 12.3 Å². The molecule has 0 aliphatic heterocycles. The molecule has 0 aromatic rings. The number of rotatable bonds is 5. The van der Waals surface area contributed by atoms with Crippen LogP contribution < -0.4 is 0 Å². The van der Waals surface area contributed by atoms with E-state index in [1.54, 1.807) is 0 Å². The van der Waals surface area contributed by atoms with E-state index in [4.69, 9.17) is 0 Å². The van der Waals surface area contributed by atoms with Crippen LogP contribution >= 0.6 is 0 Å². The fourth-order valence-corrected chi connectivity index (χ4v) is 1.78. The van der Waals surface area contributed by atoms with Crippen molar-refractivity contribution in [3.8, 4) is 0 Å². The summed E-state index contributed by atoms with van der Waals surface area (Å²) in [5, 5.41) is 0. The van der Waals surface area contributed by atoms with Crippen LogP contribution in [0.4, 0.5) is 0 Å². The molecule has 0 bridgehead atoms. The molecular weight excluding hydrogens is 140 g/mol. The molecule has 0 unspecified atom stereocenters. The quantitative estimate of drug-likeness (QED) is 0.568. The van der Waals surface area contributed by atoms with E-state index in [2.05, 4.69) is 4.74 Å². The molecule has 1 rings (SSSR count). The van der Waals surface area contributed by atoms with Crippen molar-refractivity contribution in [2.45, 2.75) is 38.5 Å². The van der Waals surface area contributed by atoms with Crippen LogP contribution in [0.3, 0.4) is 0 Å². The fourth-order valence-electron chi connectivity index (χ4n) is 1.78. The Morgan fingerprint density at radius 1 is 1.36 bits per heavy atom. The van der Waals surface area contributed by atoms with E-state index in [0.29, 0.717) is 6.61 Å². The first-order chi connectivity index (χ1) is 5.43. The molecule has 63 valence electrons. The van der Waals surface area contributed by atoms with Gasteiger partial charge in [0.2, 0.25) is 0 Å². The van der Waals surface area contributed by atoms with E-state index in [1.807, 2.05) is 0 Å². The van der Waals surface area contributed by atoms with Gasteiger partial charge in [-0.2, -0.15) is 0 Å². The van der Waals surface area contributed by atoms with Crippen LogP contribution in [0.1, 0.15) is 38.5 Å². The molecule has 11 heavy (non-hydrogen) atoms. The molecule has 1 radical (unpaired) electrons. The zero-order valence-electron chi connectivity index (χ0n) is 6.84. The summed E-state index contributed by atoms with van der Waals surface area (Å²) >= 11 is 0. The van der Waals surface area contributed by atoms with Gasteiger partial charge in [-0.1, -0.05) is 25.7 Å². The smallest absolute Gasteiger partial charge is 0.417 e. The predicted molar refractivity (Wildman–Crippen MR) is 42.8 cm³/mol. The Balaban J connectivity index is 1.89. The van der Waals surface area contributed by atoms with Crippen molar-refractivity contribution in [1.82, 2.24) is 0 Å². The highest BCUT2D eigenvalue weighted by Gasteiger charge is 2.13.